The van der Waals surface area contributed by atoms with E-state index in [1.807, 2.05) is 30.5 Å². The second kappa shape index (κ2) is 8.10. The maximum atomic E-state index is 12.9. The maximum absolute atomic E-state index is 12.9. The van der Waals surface area contributed by atoms with E-state index in [9.17, 15) is 9.18 Å². The monoisotopic (exact) mass is 370 g/mol. The number of ether oxygens (including phenoxy) is 1. The molecule has 1 aromatic heterocycles. The molecule has 0 fully saturated rings. The first-order chi connectivity index (χ1) is 12.5. The number of halogens is 1. The molecule has 0 radical (unpaired) electrons. The number of thiazole rings is 1. The summed E-state index contributed by atoms with van der Waals surface area (Å²) >= 11 is 1.46. The Kier molecular flexibility index (Phi) is 5.63. The molecule has 3 rings (SSSR count). The molecule has 6 heteroatoms. The molecule has 3 aromatic rings. The van der Waals surface area contributed by atoms with Crippen molar-refractivity contribution in [1.82, 2.24) is 4.98 Å². The first-order valence-electron chi connectivity index (χ1n) is 8.18. The Morgan fingerprint density at radius 1 is 1.15 bits per heavy atom. The molecule has 0 spiro atoms. The van der Waals surface area contributed by atoms with Crippen molar-refractivity contribution in [3.8, 4) is 5.75 Å². The number of nitrogens with zero attached hydrogens (tertiary/aromatic N) is 1. The zero-order valence-electron chi connectivity index (χ0n) is 14.6. The third-order valence-electron chi connectivity index (χ3n) is 3.91. The van der Waals surface area contributed by atoms with Crippen molar-refractivity contribution in [2.75, 3.05) is 5.32 Å². The number of aromatic nitrogens is 1. The van der Waals surface area contributed by atoms with E-state index < -0.39 is 0 Å². The highest BCUT2D eigenvalue weighted by molar-refractivity contribution is 7.09. The van der Waals surface area contributed by atoms with Gasteiger partial charge in [0.25, 0.3) is 0 Å². The van der Waals surface area contributed by atoms with Crippen molar-refractivity contribution in [3.63, 3.8) is 0 Å². The average molecular weight is 370 g/mol. The Bertz CT molecular complexity index is 906. The van der Waals surface area contributed by atoms with Crippen molar-refractivity contribution < 1.29 is 13.9 Å². The molecule has 4 nitrogen and oxygen atoms in total. The molecular weight excluding hydrogens is 351 g/mol. The van der Waals surface area contributed by atoms with Gasteiger partial charge in [-0.3, -0.25) is 4.79 Å². The molecule has 1 N–H and O–H groups in total. The van der Waals surface area contributed by atoms with E-state index in [0.717, 1.165) is 10.8 Å². The number of benzene rings is 2. The van der Waals surface area contributed by atoms with Gasteiger partial charge in [-0.1, -0.05) is 6.07 Å². The van der Waals surface area contributed by atoms with Crippen LogP contribution in [0.1, 0.15) is 21.8 Å². The van der Waals surface area contributed by atoms with Gasteiger partial charge in [-0.05, 0) is 61.4 Å². The normalized spacial score (nSPS) is 10.6. The first-order valence-corrected chi connectivity index (χ1v) is 9.06. The Morgan fingerprint density at radius 2 is 1.92 bits per heavy atom. The van der Waals surface area contributed by atoms with Crippen molar-refractivity contribution in [1.29, 1.82) is 0 Å². The van der Waals surface area contributed by atoms with Crippen LogP contribution in [0.15, 0.2) is 47.8 Å². The second-order valence-electron chi connectivity index (χ2n) is 6.00. The highest BCUT2D eigenvalue weighted by Crippen LogP contribution is 2.19. The van der Waals surface area contributed by atoms with Gasteiger partial charge in [0.15, 0.2) is 0 Å². The molecule has 0 bridgehead atoms. The summed E-state index contributed by atoms with van der Waals surface area (Å²) in [6.07, 6.45) is 0.164. The molecule has 2 aromatic carbocycles. The lowest BCUT2D eigenvalue weighted by atomic mass is 10.1. The topological polar surface area (TPSA) is 51.2 Å². The van der Waals surface area contributed by atoms with E-state index in [2.05, 4.69) is 17.2 Å². The number of carbonyl (C=O) groups is 1. The van der Waals surface area contributed by atoms with E-state index in [4.69, 9.17) is 4.74 Å². The fraction of sp³-hybridized carbons (Fsp3) is 0.200. The zero-order chi connectivity index (χ0) is 18.5. The van der Waals surface area contributed by atoms with Crippen molar-refractivity contribution >= 4 is 22.9 Å². The van der Waals surface area contributed by atoms with Crippen molar-refractivity contribution in [3.05, 3.63) is 75.5 Å². The van der Waals surface area contributed by atoms with Gasteiger partial charge in [-0.15, -0.1) is 11.3 Å². The van der Waals surface area contributed by atoms with Crippen molar-refractivity contribution in [2.24, 2.45) is 0 Å². The third kappa shape index (κ3) is 4.89. The molecule has 0 saturated carbocycles. The second-order valence-corrected chi connectivity index (χ2v) is 6.94. The highest BCUT2D eigenvalue weighted by atomic mass is 32.1. The Morgan fingerprint density at radius 3 is 2.65 bits per heavy atom. The van der Waals surface area contributed by atoms with Gasteiger partial charge in [0.1, 0.15) is 23.2 Å². The third-order valence-corrected chi connectivity index (χ3v) is 4.78. The van der Waals surface area contributed by atoms with Gasteiger partial charge in [0.2, 0.25) is 5.91 Å². The summed E-state index contributed by atoms with van der Waals surface area (Å²) < 4.78 is 18.6. The molecule has 134 valence electrons. The summed E-state index contributed by atoms with van der Waals surface area (Å²) in [5.41, 5.74) is 3.65. The number of anilines is 1. The first kappa shape index (κ1) is 18.1. The number of hydrogen-bond acceptors (Lipinski definition) is 4. The van der Waals surface area contributed by atoms with Crippen molar-refractivity contribution in [2.45, 2.75) is 26.9 Å². The maximum Gasteiger partial charge on any atom is 0.230 e. The quantitative estimate of drug-likeness (QED) is 0.687. The van der Waals surface area contributed by atoms with Crippen LogP contribution in [0, 0.1) is 19.7 Å². The molecule has 0 unspecified atom stereocenters. The van der Waals surface area contributed by atoms with Crippen LogP contribution in [-0.4, -0.2) is 10.9 Å². The van der Waals surface area contributed by atoms with Crippen LogP contribution in [0.5, 0.6) is 5.75 Å². The van der Waals surface area contributed by atoms with Crippen LogP contribution < -0.4 is 10.1 Å². The van der Waals surface area contributed by atoms with Gasteiger partial charge in [-0.25, -0.2) is 9.37 Å². The fourth-order valence-corrected chi connectivity index (χ4v) is 3.05. The van der Waals surface area contributed by atoms with E-state index in [-0.39, 0.29) is 18.1 Å². The molecule has 0 atom stereocenters. The van der Waals surface area contributed by atoms with E-state index >= 15 is 0 Å². The minimum atomic E-state index is -0.337. The van der Waals surface area contributed by atoms with Crippen LogP contribution in [0.2, 0.25) is 0 Å². The van der Waals surface area contributed by atoms with Gasteiger partial charge < -0.3 is 10.1 Å². The van der Waals surface area contributed by atoms with Crippen LogP contribution in [0.3, 0.4) is 0 Å². The largest absolute Gasteiger partial charge is 0.486 e. The number of carbonyl (C=O) groups excluding carboxylic acids is 1. The number of hydrogen-bond donors (Lipinski definition) is 1. The predicted molar refractivity (Wildman–Crippen MR) is 101 cm³/mol. The Balaban J connectivity index is 1.53. The molecule has 0 aliphatic carbocycles. The summed E-state index contributed by atoms with van der Waals surface area (Å²) in [6.45, 7) is 4.47. The summed E-state index contributed by atoms with van der Waals surface area (Å²) in [6, 6.07) is 11.6. The lowest BCUT2D eigenvalue weighted by Crippen LogP contribution is -2.14. The fourth-order valence-electron chi connectivity index (χ4n) is 2.35. The standard InChI is InChI=1S/C20H19FN2O2S/c1-13-3-8-18(9-14(13)2)25-11-20-23-17(12-26-20)10-19(24)22-16-6-4-15(21)5-7-16/h3-9,12H,10-11H2,1-2H3,(H,22,24). The van der Waals surface area contributed by atoms with E-state index in [0.29, 0.717) is 18.0 Å². The number of amides is 1. The molecule has 0 aliphatic rings. The summed E-state index contributed by atoms with van der Waals surface area (Å²) in [5, 5.41) is 5.39. The van der Waals surface area contributed by atoms with Gasteiger partial charge in [0, 0.05) is 11.1 Å². The van der Waals surface area contributed by atoms with Crippen LogP contribution >= 0.6 is 11.3 Å². The average Bonchev–Trinajstić information content (AvgIpc) is 3.05. The smallest absolute Gasteiger partial charge is 0.230 e. The molecule has 1 heterocycles. The summed E-state index contributed by atoms with van der Waals surface area (Å²) in [4.78, 5) is 16.5. The van der Waals surface area contributed by atoms with E-state index in [1.54, 1.807) is 0 Å². The van der Waals surface area contributed by atoms with E-state index in [1.165, 1.54) is 46.7 Å². The summed E-state index contributed by atoms with van der Waals surface area (Å²) in [5.74, 6) is 0.276. The SMILES string of the molecule is Cc1ccc(OCc2nc(CC(=O)Nc3ccc(F)cc3)cs2)cc1C. The lowest BCUT2D eigenvalue weighted by Gasteiger charge is -2.06. The number of aryl methyl sites for hydroxylation is 2. The Hall–Kier alpha value is -2.73. The van der Waals surface area contributed by atoms with Gasteiger partial charge in [-0.2, -0.15) is 0 Å². The summed E-state index contributed by atoms with van der Waals surface area (Å²) in [7, 11) is 0. The van der Waals surface area contributed by atoms with Crippen LogP contribution in [0.25, 0.3) is 0 Å². The molecule has 1 amide bonds. The highest BCUT2D eigenvalue weighted by Gasteiger charge is 2.09. The molecular formula is C20H19FN2O2S. The van der Waals surface area contributed by atoms with Crippen LogP contribution in [0.4, 0.5) is 10.1 Å². The van der Waals surface area contributed by atoms with Gasteiger partial charge >= 0.3 is 0 Å². The zero-order valence-corrected chi connectivity index (χ0v) is 15.4. The number of rotatable bonds is 6. The van der Waals surface area contributed by atoms with Gasteiger partial charge in [0.05, 0.1) is 12.1 Å². The minimum Gasteiger partial charge on any atom is -0.486 e. The Labute approximate surface area is 155 Å². The molecule has 0 saturated heterocycles. The lowest BCUT2D eigenvalue weighted by molar-refractivity contribution is -0.115. The molecule has 0 aliphatic heterocycles. The molecule has 26 heavy (non-hydrogen) atoms. The number of nitrogens with one attached hydrogen (secondary N) is 1. The van der Waals surface area contributed by atoms with Crippen LogP contribution in [-0.2, 0) is 17.8 Å². The minimum absolute atomic E-state index is 0.164. The predicted octanol–water partition coefficient (Wildman–Crippen LogP) is 4.66.